The highest BCUT2D eigenvalue weighted by Crippen LogP contribution is 2.52. The van der Waals surface area contributed by atoms with Crippen LogP contribution in [0.15, 0.2) is 121 Å². The van der Waals surface area contributed by atoms with E-state index in [1.54, 1.807) is 24.3 Å². The van der Waals surface area contributed by atoms with Crippen LogP contribution in [-0.2, 0) is 53.8 Å². The number of nitrogens with one attached hydrogen (secondary N) is 2. The Morgan fingerprint density at radius 2 is 1.68 bits per heavy atom. The molecule has 1 saturated heterocycles. The Hall–Kier alpha value is -6.12. The quantitative estimate of drug-likeness (QED) is 0.0517. The molecule has 9 N–H and O–H groups in total. The molecule has 3 aliphatic heterocycles. The second-order valence-corrected chi connectivity index (χ2v) is 20.9. The summed E-state index contributed by atoms with van der Waals surface area (Å²) < 4.78 is 21.9. The molecule has 6 aromatic rings. The highest BCUT2D eigenvalue weighted by atomic mass is 16.5. The third kappa shape index (κ3) is 11.1. The van der Waals surface area contributed by atoms with Crippen molar-refractivity contribution in [1.29, 1.82) is 0 Å². The molecule has 1 aromatic heterocycles. The summed E-state index contributed by atoms with van der Waals surface area (Å²) in [6, 6.07) is 30.0. The largest absolute Gasteiger partial charge is 0.508 e. The first-order valence-electron chi connectivity index (χ1n) is 26.5. The molecule has 5 aromatic carbocycles. The van der Waals surface area contributed by atoms with Gasteiger partial charge in [0.15, 0.2) is 11.5 Å². The Bertz CT molecular complexity index is 2980. The van der Waals surface area contributed by atoms with Crippen LogP contribution in [0.2, 0.25) is 0 Å². The number of likely N-dealkylation sites (N-methyl/N-ethyl adjacent to an activating group) is 1. The summed E-state index contributed by atoms with van der Waals surface area (Å²) in [5.74, 6) is 1.91. The Morgan fingerprint density at radius 3 is 2.55 bits per heavy atom. The molecule has 0 radical (unpaired) electrons. The van der Waals surface area contributed by atoms with E-state index < -0.39 is 12.3 Å². The second-order valence-electron chi connectivity index (χ2n) is 20.9. The summed E-state index contributed by atoms with van der Waals surface area (Å²) in [6.45, 7) is 2.22. The number of hydrogen-bond donors (Lipinski definition) is 8. The van der Waals surface area contributed by atoms with E-state index in [2.05, 4.69) is 76.1 Å². The number of hydrogen-bond acceptors (Lipinski definition) is 11. The number of aliphatic hydroxyl groups is 2. The van der Waals surface area contributed by atoms with Crippen LogP contribution in [-0.4, -0.2) is 81.9 Å². The van der Waals surface area contributed by atoms with Gasteiger partial charge in [-0.1, -0.05) is 73.9 Å². The van der Waals surface area contributed by atoms with Gasteiger partial charge in [-0.15, -0.1) is 0 Å². The van der Waals surface area contributed by atoms with Gasteiger partial charge in [0.05, 0.1) is 38.2 Å². The summed E-state index contributed by atoms with van der Waals surface area (Å²) in [7, 11) is 1.92. The van der Waals surface area contributed by atoms with Crippen molar-refractivity contribution in [3.8, 4) is 23.0 Å². The molecule has 4 aliphatic rings. The van der Waals surface area contributed by atoms with Crippen LogP contribution in [0.1, 0.15) is 108 Å². The number of nitrogens with two attached hydrogens (primary N) is 1. The number of phenols is 3. The van der Waals surface area contributed by atoms with E-state index in [1.807, 2.05) is 31.3 Å². The number of benzene rings is 5. The minimum Gasteiger partial charge on any atom is -0.508 e. The fourth-order valence-corrected chi connectivity index (χ4v) is 12.2. The van der Waals surface area contributed by atoms with Gasteiger partial charge >= 0.3 is 0 Å². The van der Waals surface area contributed by atoms with Gasteiger partial charge in [-0.05, 0) is 169 Å². The van der Waals surface area contributed by atoms with Gasteiger partial charge in [0.25, 0.3) is 0 Å². The van der Waals surface area contributed by atoms with Crippen molar-refractivity contribution in [2.45, 2.75) is 120 Å². The molecule has 10 rings (SSSR count). The van der Waals surface area contributed by atoms with Gasteiger partial charge < -0.3 is 60.7 Å². The number of aliphatic hydroxyl groups excluding tert-OH is 2. The van der Waals surface area contributed by atoms with E-state index in [0.29, 0.717) is 69.3 Å². The van der Waals surface area contributed by atoms with E-state index in [4.69, 9.17) is 19.9 Å². The summed E-state index contributed by atoms with van der Waals surface area (Å²) in [6.07, 6.45) is 15.6. The van der Waals surface area contributed by atoms with Gasteiger partial charge in [-0.25, -0.2) is 0 Å². The number of nitrogens with zero attached hydrogens (tertiary/aromatic N) is 1. The standard InChI is InChI=1S/C61H72N4O8/c1-63-32-44-26-48-37-72-53(13-5-3-2-4-9-39-15-20-56(69)43(23-39)24-40-10-8-12-51(67)25-40)31-52(68)19-17-42-30-58(57(70)29-46(42)35-66)73-36-47-28-50(27-45-33-65(34-54(45)47)60(48)64-59(44)62)61-21-22-71-38-49(61)18-16-41-11-6-7-14-55(41)61/h6-8,10-12,14-15,20,23,25-30,33-34,49,52-53,59,63-64,66-70H,2-5,9,13,16-19,21-22,24,31-32,35-38,62H2,1H3. The predicted molar refractivity (Wildman–Crippen MR) is 286 cm³/mol. The number of fused-ring (bicyclic) bond motifs is 7. The summed E-state index contributed by atoms with van der Waals surface area (Å²) in [5.41, 5.74) is 18.0. The number of aryl methyl sites for hydroxylation is 3. The minimum absolute atomic E-state index is 0.0393. The van der Waals surface area contributed by atoms with Crippen molar-refractivity contribution in [2.75, 3.05) is 33.4 Å². The average molecular weight is 989 g/mol. The monoisotopic (exact) mass is 989 g/mol. The molecule has 1 aliphatic carbocycles. The highest BCUT2D eigenvalue weighted by molar-refractivity contribution is 5.88. The normalized spacial score (nSPS) is 22.3. The number of aromatic nitrogens is 1. The number of ether oxygens (including phenoxy) is 3. The molecule has 5 unspecified atom stereocenters. The number of rotatable bonds is 13. The lowest BCUT2D eigenvalue weighted by atomic mass is 9.57. The molecule has 0 amide bonds. The fraction of sp³-hybridized carbons (Fsp3) is 0.410. The first kappa shape index (κ1) is 50.4. The maximum atomic E-state index is 11.7. The lowest BCUT2D eigenvalue weighted by Gasteiger charge is -2.49. The van der Waals surface area contributed by atoms with Gasteiger partial charge in [0.1, 0.15) is 23.9 Å². The van der Waals surface area contributed by atoms with Crippen LogP contribution < -0.4 is 21.1 Å². The van der Waals surface area contributed by atoms with Crippen molar-refractivity contribution in [3.63, 3.8) is 0 Å². The van der Waals surface area contributed by atoms with Crippen LogP contribution >= 0.6 is 0 Å². The minimum atomic E-state index is -0.681. The Morgan fingerprint density at radius 1 is 0.822 bits per heavy atom. The SMILES string of the molecule is CNCC1=CC2=C(NC1N)n1cc3cc(C45CCOCC4CCc4ccccc45)cc(c3c1)COc1cc(c(CO)cc1O)CCC(O)CC(CCCCCCc1ccc(O)c(Cc3cccc(O)c3)c1)OC2. The zero-order chi connectivity index (χ0) is 50.5. The van der Waals surface area contributed by atoms with Crippen molar-refractivity contribution < 1.29 is 39.7 Å². The van der Waals surface area contributed by atoms with Crippen LogP contribution in [0.4, 0.5) is 0 Å². The first-order valence-corrected chi connectivity index (χ1v) is 26.5. The number of unbranched alkanes of at least 4 members (excludes halogenated alkanes) is 3. The smallest absolute Gasteiger partial charge is 0.161 e. The Labute approximate surface area is 429 Å². The van der Waals surface area contributed by atoms with Crippen molar-refractivity contribution in [2.24, 2.45) is 11.7 Å². The lowest BCUT2D eigenvalue weighted by Crippen LogP contribution is -2.47. The van der Waals surface area contributed by atoms with Gasteiger partial charge in [0.2, 0.25) is 0 Å². The molecule has 1 fully saturated rings. The van der Waals surface area contributed by atoms with Crippen LogP contribution in [0.5, 0.6) is 23.0 Å². The van der Waals surface area contributed by atoms with Crippen LogP contribution in [0.25, 0.3) is 16.6 Å². The summed E-state index contributed by atoms with van der Waals surface area (Å²) >= 11 is 0. The van der Waals surface area contributed by atoms with Gasteiger partial charge in [0, 0.05) is 53.7 Å². The number of dihydropyridines is 1. The highest BCUT2D eigenvalue weighted by Gasteiger charge is 2.47. The van der Waals surface area contributed by atoms with Crippen LogP contribution in [0, 0.1) is 5.92 Å². The van der Waals surface area contributed by atoms with E-state index in [0.717, 1.165) is 108 Å². The molecule has 5 atom stereocenters. The van der Waals surface area contributed by atoms with E-state index in [-0.39, 0.29) is 42.0 Å². The molecule has 0 spiro atoms. The van der Waals surface area contributed by atoms with Crippen molar-refractivity contribution in [1.82, 2.24) is 15.2 Å². The third-order valence-corrected chi connectivity index (χ3v) is 16.1. The fourth-order valence-electron chi connectivity index (χ4n) is 12.2. The zero-order valence-electron chi connectivity index (χ0n) is 42.1. The van der Waals surface area contributed by atoms with Crippen LogP contribution in [0.3, 0.4) is 0 Å². The van der Waals surface area contributed by atoms with Gasteiger partial charge in [-0.3, -0.25) is 0 Å². The Kier molecular flexibility index (Phi) is 15.6. The molecule has 12 nitrogen and oxygen atoms in total. The van der Waals surface area contributed by atoms with E-state index in [9.17, 15) is 25.5 Å². The molecule has 4 heterocycles. The molecule has 73 heavy (non-hydrogen) atoms. The lowest BCUT2D eigenvalue weighted by molar-refractivity contribution is 0.00498. The van der Waals surface area contributed by atoms with Crippen molar-refractivity contribution >= 4 is 16.6 Å². The molecule has 4 bridgehead atoms. The molecule has 384 valence electrons. The topological polar surface area (TPSA) is 184 Å². The van der Waals surface area contributed by atoms with Gasteiger partial charge in [-0.2, -0.15) is 0 Å². The summed E-state index contributed by atoms with van der Waals surface area (Å²) in [4.78, 5) is 0. The third-order valence-electron chi connectivity index (χ3n) is 16.1. The molecule has 0 saturated carbocycles. The van der Waals surface area contributed by atoms with E-state index >= 15 is 0 Å². The predicted octanol–water partition coefficient (Wildman–Crippen LogP) is 9.17. The Balaban J connectivity index is 0.952. The van der Waals surface area contributed by atoms with E-state index in [1.165, 1.54) is 22.3 Å². The molecular formula is C61H72N4O8. The maximum absolute atomic E-state index is 11.7. The maximum Gasteiger partial charge on any atom is 0.161 e. The second kappa shape index (κ2) is 22.6. The number of phenolic OH excluding ortho intramolecular Hbond substituents is 3. The zero-order valence-corrected chi connectivity index (χ0v) is 42.1. The first-order chi connectivity index (χ1) is 35.6. The van der Waals surface area contributed by atoms with Crippen molar-refractivity contribution in [3.05, 3.63) is 171 Å². The number of aromatic hydroxyl groups is 3. The molecular weight excluding hydrogens is 917 g/mol. The molecule has 12 heteroatoms. The summed E-state index contributed by atoms with van der Waals surface area (Å²) in [5, 5.41) is 63.1. The average Bonchev–Trinajstić information content (AvgIpc) is 3.83.